The summed E-state index contributed by atoms with van der Waals surface area (Å²) in [6.07, 6.45) is 2.62. The number of hydrogen-bond acceptors (Lipinski definition) is 4. The summed E-state index contributed by atoms with van der Waals surface area (Å²) in [6, 6.07) is 0.0859. The first-order valence-electron chi connectivity index (χ1n) is 6.76. The van der Waals surface area contributed by atoms with Gasteiger partial charge in [-0.25, -0.2) is 4.79 Å². The maximum atomic E-state index is 11.6. The third-order valence-corrected chi connectivity index (χ3v) is 5.86. The Morgan fingerprint density at radius 1 is 1.42 bits per heavy atom. The van der Waals surface area contributed by atoms with Gasteiger partial charge in [-0.2, -0.15) is 0 Å². The van der Waals surface area contributed by atoms with Crippen LogP contribution in [-0.2, 0) is 9.59 Å². The van der Waals surface area contributed by atoms with Crippen LogP contribution in [-0.4, -0.2) is 46.3 Å². The lowest BCUT2D eigenvalue weighted by Crippen LogP contribution is -2.51. The van der Waals surface area contributed by atoms with Crippen molar-refractivity contribution in [2.75, 3.05) is 13.1 Å². The first-order chi connectivity index (χ1) is 9.09. The van der Waals surface area contributed by atoms with E-state index in [1.807, 2.05) is 6.92 Å². The summed E-state index contributed by atoms with van der Waals surface area (Å²) in [5.74, 6) is -0.835. The van der Waals surface area contributed by atoms with Crippen LogP contribution in [0.15, 0.2) is 10.6 Å². The summed E-state index contributed by atoms with van der Waals surface area (Å²) in [7, 11) is 0. The van der Waals surface area contributed by atoms with E-state index >= 15 is 0 Å². The lowest BCUT2D eigenvalue weighted by atomic mass is 9.94. The number of nitrogens with one attached hydrogen (secondary N) is 1. The van der Waals surface area contributed by atoms with Crippen molar-refractivity contribution < 1.29 is 14.7 Å². The van der Waals surface area contributed by atoms with Gasteiger partial charge in [-0.15, -0.1) is 11.8 Å². The minimum absolute atomic E-state index is 0.0461. The number of rotatable bonds is 3. The zero-order valence-corrected chi connectivity index (χ0v) is 11.7. The number of amides is 1. The van der Waals surface area contributed by atoms with Crippen molar-refractivity contribution >= 4 is 23.6 Å². The molecule has 19 heavy (non-hydrogen) atoms. The molecule has 0 aromatic carbocycles. The van der Waals surface area contributed by atoms with Crippen LogP contribution in [0.3, 0.4) is 0 Å². The number of β-lactam (4-membered cyclic amide) rings is 1. The van der Waals surface area contributed by atoms with E-state index in [4.69, 9.17) is 0 Å². The van der Waals surface area contributed by atoms with Gasteiger partial charge in [-0.1, -0.05) is 6.92 Å². The molecule has 0 aliphatic carbocycles. The number of nitrogens with zero attached hydrogens (tertiary/aromatic N) is 1. The van der Waals surface area contributed by atoms with Crippen LogP contribution in [0.4, 0.5) is 0 Å². The van der Waals surface area contributed by atoms with E-state index in [2.05, 4.69) is 5.32 Å². The molecule has 104 valence electrons. The molecule has 3 rings (SSSR count). The van der Waals surface area contributed by atoms with Crippen molar-refractivity contribution in [1.29, 1.82) is 0 Å². The molecule has 0 aromatic rings. The first-order valence-corrected chi connectivity index (χ1v) is 7.64. The normalized spacial score (nSPS) is 31.4. The van der Waals surface area contributed by atoms with Crippen LogP contribution in [0.5, 0.6) is 0 Å². The first kappa shape index (κ1) is 13.0. The minimum atomic E-state index is -0.959. The van der Waals surface area contributed by atoms with E-state index in [0.29, 0.717) is 11.7 Å². The number of carboxylic acid groups (broad SMARTS) is 1. The zero-order valence-electron chi connectivity index (χ0n) is 10.9. The van der Waals surface area contributed by atoms with Gasteiger partial charge in [0.2, 0.25) is 5.91 Å². The molecule has 2 fully saturated rings. The van der Waals surface area contributed by atoms with Crippen LogP contribution >= 0.6 is 11.8 Å². The molecule has 3 aliphatic heterocycles. The van der Waals surface area contributed by atoms with Crippen molar-refractivity contribution in [3.05, 3.63) is 10.6 Å². The van der Waals surface area contributed by atoms with Gasteiger partial charge in [0, 0.05) is 22.5 Å². The Hall–Kier alpha value is -1.01. The summed E-state index contributed by atoms with van der Waals surface area (Å²) in [5, 5.41) is 13.2. The van der Waals surface area contributed by atoms with Crippen LogP contribution < -0.4 is 5.32 Å². The average Bonchev–Trinajstić information content (AvgIpc) is 2.61. The van der Waals surface area contributed by atoms with Crippen molar-refractivity contribution in [1.82, 2.24) is 10.2 Å². The van der Waals surface area contributed by atoms with Crippen LogP contribution in [0, 0.1) is 5.92 Å². The molecule has 5 nitrogen and oxygen atoms in total. The minimum Gasteiger partial charge on any atom is -0.477 e. The third kappa shape index (κ3) is 2.07. The Kier molecular flexibility index (Phi) is 3.30. The maximum Gasteiger partial charge on any atom is 0.353 e. The lowest BCUT2D eigenvalue weighted by Gasteiger charge is -2.37. The van der Waals surface area contributed by atoms with Gasteiger partial charge in [0.15, 0.2) is 0 Å². The molecule has 0 aromatic heterocycles. The van der Waals surface area contributed by atoms with E-state index in [0.717, 1.165) is 30.8 Å². The van der Waals surface area contributed by atoms with Crippen LogP contribution in [0.25, 0.3) is 0 Å². The molecule has 6 heteroatoms. The number of fused-ring (bicyclic) bond motifs is 1. The molecular formula is C13H18N2O3S. The van der Waals surface area contributed by atoms with E-state index < -0.39 is 5.97 Å². The fraction of sp³-hybridized carbons (Fsp3) is 0.692. The molecule has 2 saturated heterocycles. The Labute approximate surface area is 116 Å². The molecule has 2 atom stereocenters. The standard InChI is InChI=1S/C13H18N2O3S/c1-7-9-6-10(16)15(9)11(13(17)18)12(7)19-8-2-4-14-5-3-8/h7-9,14H,2-6H2,1H3,(H,17,18)/t7-,9-/m1/s1. The van der Waals surface area contributed by atoms with Gasteiger partial charge >= 0.3 is 5.97 Å². The number of aliphatic carboxylic acids is 1. The van der Waals surface area contributed by atoms with Gasteiger partial charge in [-0.05, 0) is 25.9 Å². The number of carbonyl (C=O) groups is 2. The molecule has 1 amide bonds. The Morgan fingerprint density at radius 3 is 2.68 bits per heavy atom. The smallest absolute Gasteiger partial charge is 0.353 e. The van der Waals surface area contributed by atoms with E-state index in [1.165, 1.54) is 4.90 Å². The zero-order chi connectivity index (χ0) is 13.6. The topological polar surface area (TPSA) is 69.6 Å². The summed E-state index contributed by atoms with van der Waals surface area (Å²) < 4.78 is 0. The molecule has 3 aliphatic rings. The summed E-state index contributed by atoms with van der Waals surface area (Å²) in [6.45, 7) is 4.03. The van der Waals surface area contributed by atoms with Crippen molar-refractivity contribution in [2.24, 2.45) is 5.92 Å². The molecule has 0 saturated carbocycles. The van der Waals surface area contributed by atoms with Gasteiger partial charge in [0.05, 0.1) is 6.04 Å². The summed E-state index contributed by atoms with van der Waals surface area (Å²) in [4.78, 5) is 25.5. The highest BCUT2D eigenvalue weighted by Gasteiger charge is 2.52. The quantitative estimate of drug-likeness (QED) is 0.756. The molecule has 2 N–H and O–H groups in total. The number of carbonyl (C=O) groups excluding carboxylic acids is 1. The highest BCUT2D eigenvalue weighted by Crippen LogP contribution is 2.48. The molecular weight excluding hydrogens is 264 g/mol. The Bertz CT molecular complexity index is 457. The average molecular weight is 282 g/mol. The molecule has 0 radical (unpaired) electrons. The Balaban J connectivity index is 1.84. The predicted molar refractivity (Wildman–Crippen MR) is 72.6 cm³/mol. The predicted octanol–water partition coefficient (Wildman–Crippen LogP) is 1.02. The van der Waals surface area contributed by atoms with E-state index in [-0.39, 0.29) is 23.6 Å². The second kappa shape index (κ2) is 4.83. The van der Waals surface area contributed by atoms with Crippen LogP contribution in [0.1, 0.15) is 26.2 Å². The van der Waals surface area contributed by atoms with Crippen molar-refractivity contribution in [3.63, 3.8) is 0 Å². The third-order valence-electron chi connectivity index (χ3n) is 4.23. The van der Waals surface area contributed by atoms with Gasteiger partial charge < -0.3 is 15.3 Å². The molecule has 0 spiro atoms. The van der Waals surface area contributed by atoms with Crippen molar-refractivity contribution in [3.8, 4) is 0 Å². The van der Waals surface area contributed by atoms with Gasteiger partial charge in [0.25, 0.3) is 0 Å². The number of piperidine rings is 1. The van der Waals surface area contributed by atoms with Gasteiger partial charge in [-0.3, -0.25) is 4.79 Å². The van der Waals surface area contributed by atoms with Crippen LogP contribution in [0.2, 0.25) is 0 Å². The second-order valence-corrected chi connectivity index (χ2v) is 6.75. The van der Waals surface area contributed by atoms with Crippen molar-refractivity contribution in [2.45, 2.75) is 37.5 Å². The second-order valence-electron chi connectivity index (χ2n) is 5.41. The monoisotopic (exact) mass is 282 g/mol. The highest BCUT2D eigenvalue weighted by atomic mass is 32.2. The number of carboxylic acids is 1. The summed E-state index contributed by atoms with van der Waals surface area (Å²) in [5.41, 5.74) is 0.247. The fourth-order valence-corrected chi connectivity index (χ4v) is 4.61. The van der Waals surface area contributed by atoms with E-state index in [9.17, 15) is 14.7 Å². The Morgan fingerprint density at radius 2 is 2.11 bits per heavy atom. The molecule has 0 bridgehead atoms. The lowest BCUT2D eigenvalue weighted by molar-refractivity contribution is -0.148. The molecule has 0 unspecified atom stereocenters. The fourth-order valence-electron chi connectivity index (χ4n) is 3.11. The highest BCUT2D eigenvalue weighted by molar-refractivity contribution is 8.03. The van der Waals surface area contributed by atoms with Gasteiger partial charge in [0.1, 0.15) is 5.70 Å². The number of hydrogen-bond donors (Lipinski definition) is 2. The maximum absolute atomic E-state index is 11.6. The largest absolute Gasteiger partial charge is 0.477 e. The number of thioether (sulfide) groups is 1. The molecule has 3 heterocycles. The van der Waals surface area contributed by atoms with E-state index in [1.54, 1.807) is 11.8 Å². The summed E-state index contributed by atoms with van der Waals surface area (Å²) >= 11 is 1.69. The SMILES string of the molecule is C[C@H]1C(SC2CCNCC2)=C(C(=O)O)N2C(=O)C[C@H]12.